The molecule has 0 aliphatic heterocycles. The molecule has 0 saturated heterocycles. The maximum Gasteiger partial charge on any atom is 0.230 e. The molecule has 5 rings (SSSR count). The number of nitrogens with zero attached hydrogens (tertiary/aromatic N) is 4. The number of nitrogens with one attached hydrogen (secondary N) is 1. The Morgan fingerprint density at radius 3 is 2.71 bits per heavy atom. The van der Waals surface area contributed by atoms with Gasteiger partial charge in [-0.3, -0.25) is 0 Å². The number of nitrogens with two attached hydrogens (primary N) is 1. The fourth-order valence-electron chi connectivity index (χ4n) is 3.24. The van der Waals surface area contributed by atoms with Crippen molar-refractivity contribution in [3.8, 4) is 17.4 Å². The Hall–Kier alpha value is -4.46. The minimum Gasteiger partial charge on any atom is -0.439 e. The number of rotatable bonds is 5. The molecule has 0 aliphatic carbocycles. The highest BCUT2D eigenvalue weighted by Gasteiger charge is 2.08. The molecule has 3 aromatic heterocycles. The molecule has 3 heterocycles. The summed E-state index contributed by atoms with van der Waals surface area (Å²) in [4.78, 5) is 12.5. The van der Waals surface area contributed by atoms with Crippen LogP contribution < -0.4 is 15.8 Å². The number of pyridine rings is 1. The maximum atomic E-state index is 13.5. The number of anilines is 3. The molecule has 0 saturated carbocycles. The molecule has 0 bridgehead atoms. The zero-order valence-electron chi connectivity index (χ0n) is 16.2. The van der Waals surface area contributed by atoms with Gasteiger partial charge in [0.25, 0.3) is 0 Å². The smallest absolute Gasteiger partial charge is 0.230 e. The minimum absolute atomic E-state index is 0.395. The lowest BCUT2D eigenvalue weighted by molar-refractivity contribution is 0.463. The highest BCUT2D eigenvalue weighted by molar-refractivity contribution is 5.83. The lowest BCUT2D eigenvalue weighted by atomic mass is 10.2. The lowest BCUT2D eigenvalue weighted by Crippen LogP contribution is -1.99. The van der Waals surface area contributed by atoms with E-state index in [4.69, 9.17) is 10.5 Å². The quantitative estimate of drug-likeness (QED) is 0.309. The summed E-state index contributed by atoms with van der Waals surface area (Å²) in [7, 11) is 0. The van der Waals surface area contributed by atoms with Crippen LogP contribution in [-0.4, -0.2) is 19.5 Å². The first kappa shape index (κ1) is 18.6. The van der Waals surface area contributed by atoms with Crippen molar-refractivity contribution in [3.63, 3.8) is 0 Å². The van der Waals surface area contributed by atoms with Crippen LogP contribution in [0, 0.1) is 5.95 Å². The fraction of sp³-hybridized carbons (Fsp3) is 0. The van der Waals surface area contributed by atoms with Crippen LogP contribution in [0.1, 0.15) is 0 Å². The maximum absolute atomic E-state index is 13.5. The van der Waals surface area contributed by atoms with Gasteiger partial charge in [-0.15, -0.1) is 0 Å². The zero-order valence-corrected chi connectivity index (χ0v) is 16.2. The molecule has 0 spiro atoms. The highest BCUT2D eigenvalue weighted by Crippen LogP contribution is 2.27. The van der Waals surface area contributed by atoms with Gasteiger partial charge in [0.15, 0.2) is 0 Å². The van der Waals surface area contributed by atoms with Gasteiger partial charge >= 0.3 is 0 Å². The first-order valence-corrected chi connectivity index (χ1v) is 9.51. The van der Waals surface area contributed by atoms with Crippen LogP contribution in [0.15, 0.2) is 85.2 Å². The van der Waals surface area contributed by atoms with Gasteiger partial charge < -0.3 is 20.4 Å². The van der Waals surface area contributed by atoms with E-state index >= 15 is 0 Å². The van der Waals surface area contributed by atoms with Crippen molar-refractivity contribution in [2.24, 2.45) is 0 Å². The molecular weight excluding hydrogens is 395 g/mol. The van der Waals surface area contributed by atoms with E-state index in [0.717, 1.165) is 16.6 Å². The van der Waals surface area contributed by atoms with Gasteiger partial charge in [0.1, 0.15) is 11.6 Å². The van der Waals surface area contributed by atoms with Crippen LogP contribution in [0.25, 0.3) is 16.7 Å². The Morgan fingerprint density at radius 2 is 1.84 bits per heavy atom. The second-order valence-corrected chi connectivity index (χ2v) is 6.80. The number of hydrogen-bond acceptors (Lipinski definition) is 6. The summed E-state index contributed by atoms with van der Waals surface area (Å²) in [5.41, 5.74) is 8.12. The van der Waals surface area contributed by atoms with Crippen LogP contribution >= 0.6 is 0 Å². The molecule has 3 N–H and O–H groups in total. The number of aromatic nitrogens is 4. The van der Waals surface area contributed by atoms with Gasteiger partial charge in [0, 0.05) is 35.2 Å². The van der Waals surface area contributed by atoms with Crippen LogP contribution in [-0.2, 0) is 0 Å². The lowest BCUT2D eigenvalue weighted by Gasteiger charge is -2.09. The normalized spacial score (nSPS) is 10.9. The number of benzene rings is 2. The van der Waals surface area contributed by atoms with E-state index in [9.17, 15) is 4.39 Å². The first-order valence-electron chi connectivity index (χ1n) is 9.51. The third-order valence-corrected chi connectivity index (χ3v) is 4.60. The van der Waals surface area contributed by atoms with Gasteiger partial charge in [-0.25, -0.2) is 9.97 Å². The topological polar surface area (TPSA) is 90.9 Å². The van der Waals surface area contributed by atoms with Crippen molar-refractivity contribution in [3.05, 3.63) is 91.1 Å². The van der Waals surface area contributed by atoms with E-state index < -0.39 is 5.95 Å². The molecule has 0 atom stereocenters. The number of nitrogen functional groups attached to an aromatic ring is 1. The standard InChI is InChI=1S/C23H17FN6O/c24-20-5-2-6-21(28-20)30-12-10-15-13-18(7-8-19(15)30)31-22-9-11-26-23(29-22)27-17-4-1-3-16(25)14-17/h1-14H,25H2,(H,26,27,29). The van der Waals surface area contributed by atoms with Crippen LogP contribution in [0.5, 0.6) is 11.6 Å². The van der Waals surface area contributed by atoms with E-state index in [1.54, 1.807) is 36.5 Å². The predicted octanol–water partition coefficient (Wildman–Crippen LogP) is 5.07. The monoisotopic (exact) mass is 412 g/mol. The van der Waals surface area contributed by atoms with Crippen molar-refractivity contribution in [2.45, 2.75) is 0 Å². The number of hydrogen-bond donors (Lipinski definition) is 2. The van der Waals surface area contributed by atoms with Gasteiger partial charge in [0.05, 0.1) is 5.52 Å². The van der Waals surface area contributed by atoms with Crippen LogP contribution in [0.4, 0.5) is 21.7 Å². The Morgan fingerprint density at radius 1 is 0.935 bits per heavy atom. The molecule has 31 heavy (non-hydrogen) atoms. The van der Waals surface area contributed by atoms with Crippen LogP contribution in [0.3, 0.4) is 0 Å². The van der Waals surface area contributed by atoms with Crippen molar-refractivity contribution < 1.29 is 9.13 Å². The van der Waals surface area contributed by atoms with Gasteiger partial charge in [-0.2, -0.15) is 9.37 Å². The minimum atomic E-state index is -0.523. The van der Waals surface area contributed by atoms with Crippen LogP contribution in [0.2, 0.25) is 0 Å². The summed E-state index contributed by atoms with van der Waals surface area (Å²) in [5, 5.41) is 4.03. The van der Waals surface area contributed by atoms with Crippen molar-refractivity contribution in [1.82, 2.24) is 19.5 Å². The van der Waals surface area contributed by atoms with E-state index in [1.807, 2.05) is 47.2 Å². The van der Waals surface area contributed by atoms with Gasteiger partial charge in [-0.1, -0.05) is 12.1 Å². The molecule has 5 aromatic rings. The van der Waals surface area contributed by atoms with Gasteiger partial charge in [0.2, 0.25) is 17.8 Å². The molecule has 0 fully saturated rings. The van der Waals surface area contributed by atoms with Crippen molar-refractivity contribution in [1.29, 1.82) is 0 Å². The average molecular weight is 412 g/mol. The summed E-state index contributed by atoms with van der Waals surface area (Å²) >= 11 is 0. The second kappa shape index (κ2) is 7.75. The van der Waals surface area contributed by atoms with Gasteiger partial charge in [-0.05, 0) is 54.6 Å². The molecule has 0 unspecified atom stereocenters. The fourth-order valence-corrected chi connectivity index (χ4v) is 3.24. The van der Waals surface area contributed by atoms with E-state index in [1.165, 1.54) is 6.07 Å². The Bertz CT molecular complexity index is 1380. The highest BCUT2D eigenvalue weighted by atomic mass is 19.1. The summed E-state index contributed by atoms with van der Waals surface area (Å²) < 4.78 is 21.2. The third-order valence-electron chi connectivity index (χ3n) is 4.60. The number of fused-ring (bicyclic) bond motifs is 1. The summed E-state index contributed by atoms with van der Waals surface area (Å²) in [5.74, 6) is 1.40. The molecule has 7 nitrogen and oxygen atoms in total. The van der Waals surface area contributed by atoms with Crippen molar-refractivity contribution >= 4 is 28.2 Å². The second-order valence-electron chi connectivity index (χ2n) is 6.80. The van der Waals surface area contributed by atoms with Crippen molar-refractivity contribution in [2.75, 3.05) is 11.1 Å². The Labute approximate surface area is 177 Å². The van der Waals surface area contributed by atoms with E-state index in [0.29, 0.717) is 29.1 Å². The number of halogens is 1. The zero-order chi connectivity index (χ0) is 21.2. The molecule has 0 amide bonds. The average Bonchev–Trinajstić information content (AvgIpc) is 3.17. The van der Waals surface area contributed by atoms with E-state index in [-0.39, 0.29) is 0 Å². The third kappa shape index (κ3) is 3.99. The summed E-state index contributed by atoms with van der Waals surface area (Å²) in [6, 6.07) is 21.2. The molecule has 2 aromatic carbocycles. The Kier molecular flexibility index (Phi) is 4.64. The SMILES string of the molecule is Nc1cccc(Nc2nccc(Oc3ccc4c(ccn4-c4cccc(F)n4)c3)n2)c1. The van der Waals surface area contributed by atoms with E-state index in [2.05, 4.69) is 20.3 Å². The summed E-state index contributed by atoms with van der Waals surface area (Å²) in [6.45, 7) is 0. The Balaban J connectivity index is 1.38. The molecule has 152 valence electrons. The summed E-state index contributed by atoms with van der Waals surface area (Å²) in [6.07, 6.45) is 3.45. The molecule has 8 heteroatoms. The first-order chi connectivity index (χ1) is 15.1. The molecule has 0 radical (unpaired) electrons. The molecule has 0 aliphatic rings. The largest absolute Gasteiger partial charge is 0.439 e. The number of ether oxygens (including phenoxy) is 1. The molecular formula is C23H17FN6O. The predicted molar refractivity (Wildman–Crippen MR) is 117 cm³/mol.